The van der Waals surface area contributed by atoms with Gasteiger partial charge in [-0.15, -0.1) is 0 Å². The van der Waals surface area contributed by atoms with Crippen molar-refractivity contribution in [2.45, 2.75) is 25.0 Å². The Kier molecular flexibility index (Phi) is 4.01. The number of carboxylic acid groups (broad SMARTS) is 2. The highest BCUT2D eigenvalue weighted by atomic mass is 16.5. The highest BCUT2D eigenvalue weighted by Crippen LogP contribution is 2.25. The number of ether oxygens (including phenoxy) is 1. The molecular formula is C16H16N2O5. The van der Waals surface area contributed by atoms with Crippen LogP contribution >= 0.6 is 0 Å². The van der Waals surface area contributed by atoms with Crippen LogP contribution in [0.5, 0.6) is 5.75 Å². The van der Waals surface area contributed by atoms with E-state index < -0.39 is 18.1 Å². The summed E-state index contributed by atoms with van der Waals surface area (Å²) in [5, 5.41) is 20.3. The molecule has 1 aromatic carbocycles. The molecular weight excluding hydrogens is 300 g/mol. The van der Waals surface area contributed by atoms with E-state index in [0.717, 1.165) is 15.7 Å². The first-order valence-corrected chi connectivity index (χ1v) is 7.27. The Hall–Kier alpha value is -2.83. The molecule has 1 aliphatic heterocycles. The lowest BCUT2D eigenvalue weighted by Crippen LogP contribution is -2.51. The van der Waals surface area contributed by atoms with E-state index in [2.05, 4.69) is 4.98 Å². The maximum absolute atomic E-state index is 11.3. The van der Waals surface area contributed by atoms with Gasteiger partial charge in [0.2, 0.25) is 0 Å². The van der Waals surface area contributed by atoms with Gasteiger partial charge in [-0.2, -0.15) is 0 Å². The molecule has 7 nitrogen and oxygen atoms in total. The van der Waals surface area contributed by atoms with Gasteiger partial charge in [-0.05, 0) is 29.7 Å². The second kappa shape index (κ2) is 6.12. The molecule has 3 rings (SSSR count). The molecule has 2 N–H and O–H groups in total. The van der Waals surface area contributed by atoms with Crippen LogP contribution in [0.15, 0.2) is 36.7 Å². The summed E-state index contributed by atoms with van der Waals surface area (Å²) in [6.07, 6.45) is 2.50. The summed E-state index contributed by atoms with van der Waals surface area (Å²) < 4.78 is 5.87. The van der Waals surface area contributed by atoms with Gasteiger partial charge >= 0.3 is 12.1 Å². The number of carboxylic acids is 1. The Bertz CT molecular complexity index is 748. The normalized spacial score (nSPS) is 21.1. The van der Waals surface area contributed by atoms with E-state index in [0.29, 0.717) is 12.2 Å². The number of nitrogens with zero attached hydrogens (tertiary/aromatic N) is 2. The van der Waals surface area contributed by atoms with E-state index in [1.807, 2.05) is 24.3 Å². The molecule has 0 saturated carbocycles. The van der Waals surface area contributed by atoms with Gasteiger partial charge in [0, 0.05) is 37.2 Å². The summed E-state index contributed by atoms with van der Waals surface area (Å²) in [5.74, 6) is -0.508. The van der Waals surface area contributed by atoms with Crippen LogP contribution in [-0.2, 0) is 4.79 Å². The average molecular weight is 316 g/mol. The molecule has 23 heavy (non-hydrogen) atoms. The molecule has 120 valence electrons. The van der Waals surface area contributed by atoms with Gasteiger partial charge in [-0.3, -0.25) is 9.88 Å². The molecule has 1 saturated heterocycles. The number of rotatable bonds is 3. The number of likely N-dealkylation sites (tertiary alicyclic amines) is 1. The Morgan fingerprint density at radius 1 is 1.22 bits per heavy atom. The first-order chi connectivity index (χ1) is 11.0. The SMILES string of the molecule is O=C(O)[C@H]1C[C@H](Oc2ccc3cnccc3c2)CCN1C(=O)O. The van der Waals surface area contributed by atoms with E-state index in [-0.39, 0.29) is 19.1 Å². The van der Waals surface area contributed by atoms with E-state index in [1.54, 1.807) is 12.4 Å². The largest absolute Gasteiger partial charge is 0.490 e. The van der Waals surface area contributed by atoms with Gasteiger partial charge < -0.3 is 14.9 Å². The molecule has 0 radical (unpaired) electrons. The summed E-state index contributed by atoms with van der Waals surface area (Å²) >= 11 is 0. The van der Waals surface area contributed by atoms with Crippen molar-refractivity contribution in [2.24, 2.45) is 0 Å². The minimum atomic E-state index is -1.21. The number of carbonyl (C=O) groups is 2. The van der Waals surface area contributed by atoms with Gasteiger partial charge in [-0.25, -0.2) is 9.59 Å². The number of hydrogen-bond acceptors (Lipinski definition) is 4. The number of pyridine rings is 1. The Morgan fingerprint density at radius 3 is 2.78 bits per heavy atom. The van der Waals surface area contributed by atoms with Crippen LogP contribution in [0.3, 0.4) is 0 Å². The molecule has 0 aliphatic carbocycles. The Balaban J connectivity index is 1.74. The van der Waals surface area contributed by atoms with Crippen molar-refractivity contribution in [3.05, 3.63) is 36.7 Å². The molecule has 0 unspecified atom stereocenters. The van der Waals surface area contributed by atoms with E-state index in [4.69, 9.17) is 9.84 Å². The van der Waals surface area contributed by atoms with E-state index >= 15 is 0 Å². The zero-order chi connectivity index (χ0) is 16.4. The number of piperidine rings is 1. The van der Waals surface area contributed by atoms with Gasteiger partial charge in [0.15, 0.2) is 0 Å². The molecule has 0 bridgehead atoms. The first-order valence-electron chi connectivity index (χ1n) is 7.27. The Morgan fingerprint density at radius 2 is 2.04 bits per heavy atom. The molecule has 1 aromatic heterocycles. The van der Waals surface area contributed by atoms with Crippen molar-refractivity contribution in [1.29, 1.82) is 0 Å². The molecule has 2 aromatic rings. The number of aromatic nitrogens is 1. The van der Waals surface area contributed by atoms with Crippen LogP contribution in [-0.4, -0.2) is 50.9 Å². The van der Waals surface area contributed by atoms with Crippen molar-refractivity contribution >= 4 is 22.8 Å². The predicted molar refractivity (Wildman–Crippen MR) is 81.5 cm³/mol. The van der Waals surface area contributed by atoms with Crippen molar-refractivity contribution in [3.63, 3.8) is 0 Å². The zero-order valence-electron chi connectivity index (χ0n) is 12.3. The fraction of sp³-hybridized carbons (Fsp3) is 0.312. The van der Waals surface area contributed by atoms with Crippen molar-refractivity contribution in [2.75, 3.05) is 6.54 Å². The maximum atomic E-state index is 11.3. The molecule has 2 heterocycles. The molecule has 7 heteroatoms. The van der Waals surface area contributed by atoms with Crippen LogP contribution < -0.4 is 4.74 Å². The monoisotopic (exact) mass is 316 g/mol. The summed E-state index contributed by atoms with van der Waals surface area (Å²) in [5.41, 5.74) is 0. The van der Waals surface area contributed by atoms with Crippen molar-refractivity contribution in [3.8, 4) is 5.75 Å². The standard InChI is InChI=1S/C16H16N2O5/c19-15(20)14-8-13(4-6-18(14)16(21)22)23-12-2-1-11-9-17-5-3-10(11)7-12/h1-3,5,7,9,13-14H,4,6,8H2,(H,19,20)(H,21,22)/t13-,14-/m1/s1. The van der Waals surface area contributed by atoms with Crippen LogP contribution in [0.4, 0.5) is 4.79 Å². The first kappa shape index (κ1) is 15.1. The van der Waals surface area contributed by atoms with Crippen molar-refractivity contribution < 1.29 is 24.5 Å². The van der Waals surface area contributed by atoms with Crippen molar-refractivity contribution in [1.82, 2.24) is 9.88 Å². The number of fused-ring (bicyclic) bond motifs is 1. The molecule has 0 spiro atoms. The van der Waals surface area contributed by atoms with E-state index in [9.17, 15) is 14.7 Å². The minimum Gasteiger partial charge on any atom is -0.490 e. The number of hydrogen-bond donors (Lipinski definition) is 2. The van der Waals surface area contributed by atoms with Gasteiger partial charge in [0.1, 0.15) is 17.9 Å². The van der Waals surface area contributed by atoms with Crippen LogP contribution in [0, 0.1) is 0 Å². The number of amides is 1. The lowest BCUT2D eigenvalue weighted by Gasteiger charge is -2.35. The van der Waals surface area contributed by atoms with E-state index in [1.165, 1.54) is 0 Å². The molecule has 1 amide bonds. The summed E-state index contributed by atoms with van der Waals surface area (Å²) in [6.45, 7) is 0.147. The predicted octanol–water partition coefficient (Wildman–Crippen LogP) is 2.21. The van der Waals surface area contributed by atoms with Gasteiger partial charge in [0.05, 0.1) is 0 Å². The number of aliphatic carboxylic acids is 1. The highest BCUT2D eigenvalue weighted by molar-refractivity contribution is 5.82. The zero-order valence-corrected chi connectivity index (χ0v) is 12.3. The summed E-state index contributed by atoms with van der Waals surface area (Å²) in [4.78, 5) is 27.4. The Labute approximate surface area is 132 Å². The van der Waals surface area contributed by atoms with Crippen LogP contribution in [0.2, 0.25) is 0 Å². The van der Waals surface area contributed by atoms with Crippen LogP contribution in [0.25, 0.3) is 10.8 Å². The molecule has 1 fully saturated rings. The average Bonchev–Trinajstić information content (AvgIpc) is 2.54. The lowest BCUT2D eigenvalue weighted by molar-refractivity contribution is -0.145. The quantitative estimate of drug-likeness (QED) is 0.900. The number of benzene rings is 1. The molecule has 2 atom stereocenters. The maximum Gasteiger partial charge on any atom is 0.408 e. The third-order valence-corrected chi connectivity index (χ3v) is 4.00. The third-order valence-electron chi connectivity index (χ3n) is 4.00. The minimum absolute atomic E-state index is 0.135. The highest BCUT2D eigenvalue weighted by Gasteiger charge is 2.37. The topological polar surface area (TPSA) is 100.0 Å². The fourth-order valence-corrected chi connectivity index (χ4v) is 2.83. The second-order valence-corrected chi connectivity index (χ2v) is 5.48. The summed E-state index contributed by atoms with van der Waals surface area (Å²) in [7, 11) is 0. The second-order valence-electron chi connectivity index (χ2n) is 5.48. The molecule has 1 aliphatic rings. The van der Waals surface area contributed by atoms with Gasteiger partial charge in [0.25, 0.3) is 0 Å². The fourth-order valence-electron chi connectivity index (χ4n) is 2.83. The smallest absolute Gasteiger partial charge is 0.408 e. The van der Waals surface area contributed by atoms with Gasteiger partial charge in [-0.1, -0.05) is 0 Å². The lowest BCUT2D eigenvalue weighted by atomic mass is 9.99. The van der Waals surface area contributed by atoms with Crippen LogP contribution in [0.1, 0.15) is 12.8 Å². The third kappa shape index (κ3) is 3.18. The summed E-state index contributed by atoms with van der Waals surface area (Å²) in [6, 6.07) is 6.36.